The van der Waals surface area contributed by atoms with Crippen LogP contribution in [0.3, 0.4) is 0 Å². The van der Waals surface area contributed by atoms with Gasteiger partial charge in [0.15, 0.2) is 0 Å². The van der Waals surface area contributed by atoms with Crippen molar-refractivity contribution in [1.29, 1.82) is 0 Å². The van der Waals surface area contributed by atoms with E-state index in [9.17, 15) is 9.59 Å². The Balaban J connectivity index is 1.94. The standard InChI is InChI=1S/C20H31N3O2/c1-4-5-10-21-19(24)17-8-6-7-9-18(17)20(25)23-13-16-12-22-15(3)11-14(16)2/h11-12,17-18H,4-10,13H2,1-3H3,(H,21,24)(H,23,25)/t17-,18+/m1/s1. The van der Waals surface area contributed by atoms with Gasteiger partial charge in [-0.3, -0.25) is 14.6 Å². The van der Waals surface area contributed by atoms with Crippen molar-refractivity contribution in [2.24, 2.45) is 11.8 Å². The summed E-state index contributed by atoms with van der Waals surface area (Å²) in [4.78, 5) is 29.4. The number of pyridine rings is 1. The molecule has 1 fully saturated rings. The molecule has 2 rings (SSSR count). The molecule has 0 aromatic carbocycles. The predicted molar refractivity (Wildman–Crippen MR) is 98.9 cm³/mol. The number of nitrogens with zero attached hydrogens (tertiary/aromatic N) is 1. The topological polar surface area (TPSA) is 71.1 Å². The van der Waals surface area contributed by atoms with Crippen molar-refractivity contribution in [2.45, 2.75) is 65.8 Å². The molecule has 0 saturated heterocycles. The second kappa shape index (κ2) is 9.54. The molecule has 2 atom stereocenters. The Morgan fingerprint density at radius 1 is 1.12 bits per heavy atom. The molecule has 2 amide bonds. The number of unbranched alkanes of at least 4 members (excludes halogenated alkanes) is 1. The summed E-state index contributed by atoms with van der Waals surface area (Å²) in [6.07, 6.45) is 7.50. The predicted octanol–water partition coefficient (Wildman–Crippen LogP) is 3.04. The van der Waals surface area contributed by atoms with Crippen LogP contribution in [0, 0.1) is 25.7 Å². The normalized spacial score (nSPS) is 20.1. The molecule has 138 valence electrons. The highest BCUT2D eigenvalue weighted by Gasteiger charge is 2.35. The summed E-state index contributed by atoms with van der Waals surface area (Å²) in [5.74, 6) is -0.367. The van der Waals surface area contributed by atoms with Gasteiger partial charge in [-0.25, -0.2) is 0 Å². The van der Waals surface area contributed by atoms with Crippen LogP contribution in [0.25, 0.3) is 0 Å². The molecule has 0 unspecified atom stereocenters. The molecule has 1 aromatic heterocycles. The van der Waals surface area contributed by atoms with Crippen molar-refractivity contribution in [3.63, 3.8) is 0 Å². The summed E-state index contributed by atoms with van der Waals surface area (Å²) in [5.41, 5.74) is 3.13. The lowest BCUT2D eigenvalue weighted by molar-refractivity contribution is -0.136. The molecule has 0 spiro atoms. The minimum absolute atomic E-state index is 0.00434. The largest absolute Gasteiger partial charge is 0.356 e. The van der Waals surface area contributed by atoms with Gasteiger partial charge >= 0.3 is 0 Å². The van der Waals surface area contributed by atoms with Crippen LogP contribution < -0.4 is 10.6 Å². The highest BCUT2D eigenvalue weighted by atomic mass is 16.2. The van der Waals surface area contributed by atoms with Crippen LogP contribution in [0.1, 0.15) is 62.3 Å². The van der Waals surface area contributed by atoms with Crippen molar-refractivity contribution in [3.8, 4) is 0 Å². The van der Waals surface area contributed by atoms with E-state index in [4.69, 9.17) is 0 Å². The molecule has 0 radical (unpaired) electrons. The third kappa shape index (κ3) is 5.55. The van der Waals surface area contributed by atoms with Crippen LogP contribution >= 0.6 is 0 Å². The van der Waals surface area contributed by atoms with Crippen LogP contribution in [-0.4, -0.2) is 23.3 Å². The van der Waals surface area contributed by atoms with E-state index in [2.05, 4.69) is 22.5 Å². The molecule has 1 heterocycles. The number of aryl methyl sites for hydroxylation is 2. The second-order valence-corrected chi connectivity index (χ2v) is 7.11. The number of amides is 2. The third-order valence-corrected chi connectivity index (χ3v) is 5.08. The van der Waals surface area contributed by atoms with E-state index in [1.807, 2.05) is 26.1 Å². The quantitative estimate of drug-likeness (QED) is 0.746. The summed E-state index contributed by atoms with van der Waals surface area (Å²) < 4.78 is 0. The Hall–Kier alpha value is -1.91. The molecule has 1 aromatic rings. The molecule has 1 aliphatic carbocycles. The molecular weight excluding hydrogens is 314 g/mol. The highest BCUT2D eigenvalue weighted by Crippen LogP contribution is 2.30. The van der Waals surface area contributed by atoms with Crippen molar-refractivity contribution in [3.05, 3.63) is 29.1 Å². The van der Waals surface area contributed by atoms with E-state index in [1.165, 1.54) is 0 Å². The Morgan fingerprint density at radius 2 is 1.76 bits per heavy atom. The average Bonchev–Trinajstić information content (AvgIpc) is 2.61. The Labute approximate surface area is 151 Å². The average molecular weight is 345 g/mol. The molecule has 25 heavy (non-hydrogen) atoms. The smallest absolute Gasteiger partial charge is 0.224 e. The van der Waals surface area contributed by atoms with Crippen LogP contribution in [0.4, 0.5) is 0 Å². The van der Waals surface area contributed by atoms with Crippen molar-refractivity contribution < 1.29 is 9.59 Å². The van der Waals surface area contributed by atoms with E-state index < -0.39 is 0 Å². The van der Waals surface area contributed by atoms with Gasteiger partial charge in [0.05, 0.1) is 0 Å². The number of aromatic nitrogens is 1. The van der Waals surface area contributed by atoms with Gasteiger partial charge < -0.3 is 10.6 Å². The molecule has 2 N–H and O–H groups in total. The van der Waals surface area contributed by atoms with Gasteiger partial charge in [0.2, 0.25) is 11.8 Å². The molecule has 1 aliphatic rings. The van der Waals surface area contributed by atoms with E-state index in [0.29, 0.717) is 13.1 Å². The first kappa shape index (κ1) is 19.4. The van der Waals surface area contributed by atoms with Gasteiger partial charge in [-0.05, 0) is 50.3 Å². The summed E-state index contributed by atoms with van der Waals surface area (Å²) in [6.45, 7) is 7.26. The van der Waals surface area contributed by atoms with E-state index in [1.54, 1.807) is 0 Å². The first-order valence-electron chi connectivity index (χ1n) is 9.50. The fraction of sp³-hybridized carbons (Fsp3) is 0.650. The van der Waals surface area contributed by atoms with Gasteiger partial charge in [0.25, 0.3) is 0 Å². The van der Waals surface area contributed by atoms with Crippen LogP contribution in [0.2, 0.25) is 0 Å². The van der Waals surface area contributed by atoms with Gasteiger partial charge in [-0.15, -0.1) is 0 Å². The van der Waals surface area contributed by atoms with Gasteiger partial charge in [0, 0.05) is 36.8 Å². The van der Waals surface area contributed by atoms with Crippen molar-refractivity contribution in [2.75, 3.05) is 6.54 Å². The second-order valence-electron chi connectivity index (χ2n) is 7.11. The lowest BCUT2D eigenvalue weighted by Gasteiger charge is -2.29. The number of carbonyl (C=O) groups excluding carboxylic acids is 2. The minimum atomic E-state index is -0.214. The third-order valence-electron chi connectivity index (χ3n) is 5.08. The van der Waals surface area contributed by atoms with Crippen molar-refractivity contribution >= 4 is 11.8 Å². The molecule has 5 heteroatoms. The monoisotopic (exact) mass is 345 g/mol. The zero-order valence-corrected chi connectivity index (χ0v) is 15.7. The Morgan fingerprint density at radius 3 is 2.36 bits per heavy atom. The molecule has 0 aliphatic heterocycles. The Bertz CT molecular complexity index is 601. The van der Waals surface area contributed by atoms with E-state index >= 15 is 0 Å². The lowest BCUT2D eigenvalue weighted by Crippen LogP contribution is -2.43. The number of carbonyl (C=O) groups is 2. The van der Waals surface area contributed by atoms with Crippen molar-refractivity contribution in [1.82, 2.24) is 15.6 Å². The number of hydrogen-bond acceptors (Lipinski definition) is 3. The maximum absolute atomic E-state index is 12.7. The maximum Gasteiger partial charge on any atom is 0.224 e. The number of rotatable bonds is 7. The number of hydrogen-bond donors (Lipinski definition) is 2. The molecule has 5 nitrogen and oxygen atoms in total. The molecular formula is C20H31N3O2. The minimum Gasteiger partial charge on any atom is -0.356 e. The SMILES string of the molecule is CCCCNC(=O)[C@@H]1CCCC[C@@H]1C(=O)NCc1cnc(C)cc1C. The zero-order chi connectivity index (χ0) is 18.2. The van der Waals surface area contributed by atoms with Gasteiger partial charge in [-0.1, -0.05) is 26.2 Å². The van der Waals surface area contributed by atoms with Crippen LogP contribution in [0.5, 0.6) is 0 Å². The highest BCUT2D eigenvalue weighted by molar-refractivity contribution is 5.87. The zero-order valence-electron chi connectivity index (χ0n) is 15.7. The summed E-state index contributed by atoms with van der Waals surface area (Å²) in [5, 5.41) is 6.02. The summed E-state index contributed by atoms with van der Waals surface area (Å²) in [6, 6.07) is 2.02. The first-order valence-corrected chi connectivity index (χ1v) is 9.50. The van der Waals surface area contributed by atoms with Gasteiger partial charge in [0.1, 0.15) is 0 Å². The summed E-state index contributed by atoms with van der Waals surface area (Å²) in [7, 11) is 0. The first-order chi connectivity index (χ1) is 12.0. The lowest BCUT2D eigenvalue weighted by atomic mass is 9.78. The molecule has 1 saturated carbocycles. The molecule has 0 bridgehead atoms. The fourth-order valence-electron chi connectivity index (χ4n) is 3.50. The maximum atomic E-state index is 12.7. The Kier molecular flexibility index (Phi) is 7.41. The number of nitrogens with one attached hydrogen (secondary N) is 2. The van der Waals surface area contributed by atoms with Crippen LogP contribution in [0.15, 0.2) is 12.3 Å². The summed E-state index contributed by atoms with van der Waals surface area (Å²) >= 11 is 0. The van der Waals surface area contributed by atoms with Crippen LogP contribution in [-0.2, 0) is 16.1 Å². The fourth-order valence-corrected chi connectivity index (χ4v) is 3.50. The van der Waals surface area contributed by atoms with E-state index in [0.717, 1.165) is 55.3 Å². The van der Waals surface area contributed by atoms with E-state index in [-0.39, 0.29) is 23.7 Å². The van der Waals surface area contributed by atoms with Gasteiger partial charge in [-0.2, -0.15) is 0 Å².